The van der Waals surface area contributed by atoms with Crippen LogP contribution in [0.25, 0.3) is 0 Å². The first-order chi connectivity index (χ1) is 23.1. The van der Waals surface area contributed by atoms with Crippen molar-refractivity contribution >= 4 is 52.3 Å². The van der Waals surface area contributed by atoms with E-state index in [4.69, 9.17) is 4.74 Å². The maximum atomic E-state index is 13.8. The number of aliphatic hydroxyl groups excluding tert-OH is 2. The number of hydrogen-bond acceptors (Lipinski definition) is 12. The van der Waals surface area contributed by atoms with E-state index >= 15 is 0 Å². The van der Waals surface area contributed by atoms with Crippen molar-refractivity contribution in [1.29, 1.82) is 0 Å². The number of H-pyrrole nitrogens is 1. The second-order valence-electron chi connectivity index (χ2n) is 10.7. The molecule has 0 radical (unpaired) electrons. The molecule has 49 heavy (non-hydrogen) atoms. The summed E-state index contributed by atoms with van der Waals surface area (Å²) >= 11 is 0. The third-order valence-electron chi connectivity index (χ3n) is 7.65. The SMILES string of the molecule is COP(=O)(O)OP(=O)(O)OP(=O)(O)OC[C@H]1O[C@@H](n2cc([Si](c3ccccc3)(c3ccccc3)c3ccccc3)c(=O)[nH]c2=O)[C@H](O)[C@@H]1O. The van der Waals surface area contributed by atoms with E-state index < -0.39 is 73.9 Å². The quantitative estimate of drug-likeness (QED) is 0.0573. The highest BCUT2D eigenvalue weighted by Crippen LogP contribution is 2.67. The molecule has 1 fully saturated rings. The van der Waals surface area contributed by atoms with Crippen molar-refractivity contribution in [1.82, 2.24) is 9.55 Å². The van der Waals surface area contributed by atoms with Gasteiger partial charge in [0.1, 0.15) is 18.3 Å². The molecular formula is C28H31N2O15P3Si. The molecule has 4 aromatic rings. The number of aromatic amines is 1. The molecule has 0 aliphatic carbocycles. The minimum absolute atomic E-state index is 0.171. The fourth-order valence-electron chi connectivity index (χ4n) is 5.57. The number of nitrogens with one attached hydrogen (secondary N) is 1. The van der Waals surface area contributed by atoms with Gasteiger partial charge >= 0.3 is 29.2 Å². The van der Waals surface area contributed by atoms with Gasteiger partial charge < -0.3 is 29.6 Å². The van der Waals surface area contributed by atoms with Crippen LogP contribution in [0, 0.1) is 0 Å². The third kappa shape index (κ3) is 7.94. The molecule has 1 aliphatic heterocycles. The molecule has 1 aliphatic rings. The molecule has 5 rings (SSSR count). The Bertz CT molecular complexity index is 1940. The second kappa shape index (κ2) is 14.6. The lowest BCUT2D eigenvalue weighted by atomic mass is 10.1. The van der Waals surface area contributed by atoms with E-state index in [1.165, 1.54) is 6.20 Å². The summed E-state index contributed by atoms with van der Waals surface area (Å²) in [7, 11) is -19.3. The fraction of sp³-hybridized carbons (Fsp3) is 0.214. The zero-order valence-electron chi connectivity index (χ0n) is 25.4. The first kappa shape index (κ1) is 37.1. The van der Waals surface area contributed by atoms with Crippen LogP contribution in [0.1, 0.15) is 6.23 Å². The topological polar surface area (TPSA) is 253 Å². The minimum atomic E-state index is -5.71. The Kier molecular flexibility index (Phi) is 11.1. The largest absolute Gasteiger partial charge is 0.490 e. The number of phosphoric ester groups is 2. The van der Waals surface area contributed by atoms with E-state index in [9.17, 15) is 48.2 Å². The smallest absolute Gasteiger partial charge is 0.387 e. The van der Waals surface area contributed by atoms with Gasteiger partial charge in [-0.3, -0.25) is 23.4 Å². The average Bonchev–Trinajstić information content (AvgIpc) is 3.34. The number of benzene rings is 3. The predicted molar refractivity (Wildman–Crippen MR) is 175 cm³/mol. The predicted octanol–water partition coefficient (Wildman–Crippen LogP) is -0.469. The number of hydrogen-bond donors (Lipinski definition) is 6. The van der Waals surface area contributed by atoms with Crippen molar-refractivity contribution in [3.05, 3.63) is 118 Å². The number of phosphoric acid groups is 3. The van der Waals surface area contributed by atoms with Gasteiger partial charge in [0.15, 0.2) is 14.3 Å². The van der Waals surface area contributed by atoms with E-state index in [2.05, 4.69) is 22.7 Å². The van der Waals surface area contributed by atoms with Crippen LogP contribution in [0.3, 0.4) is 0 Å². The van der Waals surface area contributed by atoms with Crippen LogP contribution < -0.4 is 32.0 Å². The van der Waals surface area contributed by atoms with Crippen LogP contribution in [-0.4, -0.2) is 74.5 Å². The van der Waals surface area contributed by atoms with Gasteiger partial charge in [0, 0.05) is 18.5 Å². The first-order valence-electron chi connectivity index (χ1n) is 14.3. The van der Waals surface area contributed by atoms with Crippen molar-refractivity contribution in [2.45, 2.75) is 24.5 Å². The summed E-state index contributed by atoms with van der Waals surface area (Å²) in [6, 6.07) is 27.7. The molecule has 1 aromatic heterocycles. The third-order valence-corrected chi connectivity index (χ3v) is 16.6. The van der Waals surface area contributed by atoms with Crippen LogP contribution in [0.4, 0.5) is 0 Å². The molecule has 7 atom stereocenters. The lowest BCUT2D eigenvalue weighted by molar-refractivity contribution is -0.0541. The Morgan fingerprint density at radius 2 is 1.22 bits per heavy atom. The Balaban J connectivity index is 1.53. The number of aliphatic hydroxyl groups is 2. The van der Waals surface area contributed by atoms with Gasteiger partial charge in [0.05, 0.1) is 6.61 Å². The van der Waals surface area contributed by atoms with E-state index in [1.54, 1.807) is 0 Å². The Hall–Kier alpha value is -3.15. The summed E-state index contributed by atoms with van der Waals surface area (Å²) in [6.07, 6.45) is -5.79. The summed E-state index contributed by atoms with van der Waals surface area (Å²) in [6.45, 7) is -1.06. The maximum absolute atomic E-state index is 13.8. The lowest BCUT2D eigenvalue weighted by Gasteiger charge is -2.34. The molecule has 262 valence electrons. The summed E-state index contributed by atoms with van der Waals surface area (Å²) in [5, 5.41) is 24.3. The van der Waals surface area contributed by atoms with E-state index in [0.717, 1.165) is 20.1 Å². The average molecular weight is 757 g/mol. The summed E-state index contributed by atoms with van der Waals surface area (Å²) in [5.41, 5.74) is -1.71. The van der Waals surface area contributed by atoms with Crippen molar-refractivity contribution in [2.75, 3.05) is 13.7 Å². The van der Waals surface area contributed by atoms with Crippen LogP contribution in [0.5, 0.6) is 0 Å². The van der Waals surface area contributed by atoms with Crippen LogP contribution in [-0.2, 0) is 36.1 Å². The van der Waals surface area contributed by atoms with Crippen molar-refractivity contribution < 1.29 is 61.0 Å². The molecule has 3 unspecified atom stereocenters. The first-order valence-corrected chi connectivity index (χ1v) is 20.7. The normalized spacial score (nSPS) is 23.3. The zero-order valence-corrected chi connectivity index (χ0v) is 29.0. The number of rotatable bonds is 13. The lowest BCUT2D eigenvalue weighted by Crippen LogP contribution is -2.78. The number of nitrogens with zero attached hydrogens (tertiary/aromatic N) is 1. The summed E-state index contributed by atoms with van der Waals surface area (Å²) in [5.74, 6) is 0. The molecule has 1 saturated heterocycles. The van der Waals surface area contributed by atoms with Gasteiger partial charge in [-0.1, -0.05) is 91.0 Å². The highest BCUT2D eigenvalue weighted by Gasteiger charge is 2.49. The standard InChI is InChI=1S/C28H31N2O15P3Si/c1-41-46(35,36)44-48(39,40)45-47(37,38)42-18-22-24(31)25(32)27(43-22)30-17-23(26(33)29-28(30)34)49(19-11-5-2-6-12-19,20-13-7-3-8-14-20)21-15-9-4-10-16-21/h2-17,22,24-25,27,31-32H,18H2,1H3,(H,35,36)(H,37,38)(H,39,40)(H,29,33,34)/t22-,24-,25-,27-/m1/s1. The maximum Gasteiger partial charge on any atom is 0.490 e. The fourth-order valence-corrected chi connectivity index (χ4v) is 13.6. The molecule has 2 heterocycles. The van der Waals surface area contributed by atoms with Gasteiger partial charge in [-0.15, -0.1) is 0 Å². The molecule has 21 heteroatoms. The Morgan fingerprint density at radius 3 is 1.69 bits per heavy atom. The van der Waals surface area contributed by atoms with Crippen molar-refractivity contribution in [2.24, 2.45) is 0 Å². The zero-order chi connectivity index (χ0) is 35.6. The number of aromatic nitrogens is 2. The van der Waals surface area contributed by atoms with E-state index in [0.29, 0.717) is 7.11 Å². The van der Waals surface area contributed by atoms with E-state index in [-0.39, 0.29) is 5.19 Å². The molecular weight excluding hydrogens is 725 g/mol. The van der Waals surface area contributed by atoms with Crippen LogP contribution in [0.15, 0.2) is 107 Å². The van der Waals surface area contributed by atoms with Gasteiger partial charge in [0.2, 0.25) is 0 Å². The highest BCUT2D eigenvalue weighted by atomic mass is 31.3. The number of ether oxygens (including phenoxy) is 1. The molecule has 3 aromatic carbocycles. The minimum Gasteiger partial charge on any atom is -0.387 e. The Morgan fingerprint density at radius 1 is 0.755 bits per heavy atom. The van der Waals surface area contributed by atoms with Gasteiger partial charge in [-0.05, 0) is 15.6 Å². The van der Waals surface area contributed by atoms with Gasteiger partial charge in [-0.2, -0.15) is 8.62 Å². The molecule has 6 N–H and O–H groups in total. The monoisotopic (exact) mass is 756 g/mol. The molecule has 0 spiro atoms. The summed E-state index contributed by atoms with van der Waals surface area (Å²) in [4.78, 5) is 58.2. The van der Waals surface area contributed by atoms with E-state index in [1.807, 2.05) is 91.0 Å². The molecule has 0 amide bonds. The van der Waals surface area contributed by atoms with Gasteiger partial charge in [0.25, 0.3) is 5.56 Å². The van der Waals surface area contributed by atoms with Crippen LogP contribution >= 0.6 is 23.5 Å². The molecule has 0 saturated carbocycles. The second-order valence-corrected chi connectivity index (χ2v) is 19.2. The molecule has 17 nitrogen and oxygen atoms in total. The van der Waals surface area contributed by atoms with Gasteiger partial charge in [-0.25, -0.2) is 18.5 Å². The highest BCUT2D eigenvalue weighted by molar-refractivity contribution is 7.66. The van der Waals surface area contributed by atoms with Crippen LogP contribution in [0.2, 0.25) is 0 Å². The Labute approximate surface area is 278 Å². The van der Waals surface area contributed by atoms with Crippen molar-refractivity contribution in [3.63, 3.8) is 0 Å². The molecule has 0 bridgehead atoms. The summed E-state index contributed by atoms with van der Waals surface area (Å²) < 4.78 is 58.7. The van der Waals surface area contributed by atoms with Crippen molar-refractivity contribution in [3.8, 4) is 0 Å².